The second kappa shape index (κ2) is 10.2. The largest absolute Gasteiger partial charge is 0.497 e. The standard InChI is InChI=1S/C21H23N7O4/c1-13(2)18(23-19(29)14-6-10-17(32-3)11-7-14)21(31)25-24-20(30)15-4-8-16(9-5-15)28-12-22-26-27-28/h4-13,18H,1-3H3,(H,23,29)(H,24,30)(H,25,31). The Labute approximate surface area is 184 Å². The van der Waals surface area contributed by atoms with Gasteiger partial charge in [0, 0.05) is 11.1 Å². The summed E-state index contributed by atoms with van der Waals surface area (Å²) in [6.07, 6.45) is 1.43. The van der Waals surface area contributed by atoms with Crippen molar-refractivity contribution in [2.75, 3.05) is 7.11 Å². The lowest BCUT2D eigenvalue weighted by Gasteiger charge is -2.22. The van der Waals surface area contributed by atoms with Crippen LogP contribution >= 0.6 is 0 Å². The number of hydrogen-bond acceptors (Lipinski definition) is 7. The van der Waals surface area contributed by atoms with Gasteiger partial charge >= 0.3 is 0 Å². The maximum Gasteiger partial charge on any atom is 0.269 e. The average Bonchev–Trinajstić information content (AvgIpc) is 3.35. The summed E-state index contributed by atoms with van der Waals surface area (Å²) < 4.78 is 6.52. The molecule has 0 aliphatic heterocycles. The van der Waals surface area contributed by atoms with Crippen molar-refractivity contribution in [1.29, 1.82) is 0 Å². The lowest BCUT2D eigenvalue weighted by molar-refractivity contribution is -0.124. The molecular formula is C21H23N7O4. The normalized spacial score (nSPS) is 11.5. The minimum Gasteiger partial charge on any atom is -0.497 e. The molecule has 1 heterocycles. The van der Waals surface area contributed by atoms with E-state index in [1.807, 2.05) is 0 Å². The van der Waals surface area contributed by atoms with Gasteiger partial charge in [0.05, 0.1) is 12.8 Å². The van der Waals surface area contributed by atoms with Crippen LogP contribution in [0.1, 0.15) is 34.6 Å². The smallest absolute Gasteiger partial charge is 0.269 e. The molecule has 0 aliphatic carbocycles. The molecule has 0 fully saturated rings. The van der Waals surface area contributed by atoms with E-state index in [0.29, 0.717) is 22.6 Å². The van der Waals surface area contributed by atoms with Gasteiger partial charge in [0.1, 0.15) is 18.1 Å². The predicted molar refractivity (Wildman–Crippen MR) is 114 cm³/mol. The lowest BCUT2D eigenvalue weighted by Crippen LogP contribution is -2.54. The van der Waals surface area contributed by atoms with Crippen molar-refractivity contribution in [3.8, 4) is 11.4 Å². The number of rotatable bonds is 7. The second-order valence-electron chi connectivity index (χ2n) is 7.17. The maximum atomic E-state index is 12.6. The maximum absolute atomic E-state index is 12.6. The molecule has 0 saturated carbocycles. The van der Waals surface area contributed by atoms with E-state index in [1.54, 1.807) is 62.4 Å². The van der Waals surface area contributed by atoms with Gasteiger partial charge in [-0.05, 0) is 64.9 Å². The Morgan fingerprint density at radius 3 is 2.09 bits per heavy atom. The van der Waals surface area contributed by atoms with Gasteiger partial charge < -0.3 is 10.1 Å². The van der Waals surface area contributed by atoms with E-state index in [-0.39, 0.29) is 5.92 Å². The molecule has 3 N–H and O–H groups in total. The van der Waals surface area contributed by atoms with Crippen LogP contribution in [0.5, 0.6) is 5.75 Å². The van der Waals surface area contributed by atoms with Crippen molar-refractivity contribution >= 4 is 17.7 Å². The molecule has 11 nitrogen and oxygen atoms in total. The summed E-state index contributed by atoms with van der Waals surface area (Å²) >= 11 is 0. The third-order valence-electron chi connectivity index (χ3n) is 4.63. The first-order chi connectivity index (χ1) is 15.4. The molecule has 1 atom stereocenters. The van der Waals surface area contributed by atoms with E-state index in [1.165, 1.54) is 18.1 Å². The van der Waals surface area contributed by atoms with Crippen molar-refractivity contribution in [3.05, 3.63) is 66.0 Å². The monoisotopic (exact) mass is 437 g/mol. The van der Waals surface area contributed by atoms with Gasteiger partial charge in [0.15, 0.2) is 0 Å². The fraction of sp³-hybridized carbons (Fsp3) is 0.238. The number of nitrogens with zero attached hydrogens (tertiary/aromatic N) is 4. The highest BCUT2D eigenvalue weighted by molar-refractivity contribution is 5.99. The van der Waals surface area contributed by atoms with Gasteiger partial charge in [-0.2, -0.15) is 0 Å². The molecule has 3 amide bonds. The number of carbonyl (C=O) groups is 3. The summed E-state index contributed by atoms with van der Waals surface area (Å²) in [4.78, 5) is 37.5. The number of amides is 3. The summed E-state index contributed by atoms with van der Waals surface area (Å²) in [6, 6.07) is 12.1. The topological polar surface area (TPSA) is 140 Å². The molecule has 2 aromatic carbocycles. The fourth-order valence-corrected chi connectivity index (χ4v) is 2.82. The third-order valence-corrected chi connectivity index (χ3v) is 4.63. The Bertz CT molecular complexity index is 1060. The zero-order chi connectivity index (χ0) is 23.1. The highest BCUT2D eigenvalue weighted by atomic mass is 16.5. The second-order valence-corrected chi connectivity index (χ2v) is 7.17. The molecule has 3 aromatic rings. The van der Waals surface area contributed by atoms with Crippen LogP contribution in [-0.2, 0) is 4.79 Å². The van der Waals surface area contributed by atoms with Gasteiger partial charge in [-0.3, -0.25) is 25.2 Å². The average molecular weight is 437 g/mol. The Balaban J connectivity index is 1.58. The number of nitrogens with one attached hydrogen (secondary N) is 3. The van der Waals surface area contributed by atoms with E-state index in [9.17, 15) is 14.4 Å². The molecule has 0 radical (unpaired) electrons. The number of carbonyl (C=O) groups excluding carboxylic acids is 3. The van der Waals surface area contributed by atoms with Crippen LogP contribution in [0.2, 0.25) is 0 Å². The molecule has 32 heavy (non-hydrogen) atoms. The third kappa shape index (κ3) is 5.45. The van der Waals surface area contributed by atoms with E-state index in [0.717, 1.165) is 0 Å². The number of benzene rings is 2. The molecule has 166 valence electrons. The van der Waals surface area contributed by atoms with Crippen LogP contribution in [0.4, 0.5) is 0 Å². The highest BCUT2D eigenvalue weighted by Crippen LogP contribution is 2.12. The zero-order valence-electron chi connectivity index (χ0n) is 17.8. The molecule has 1 aromatic heterocycles. The van der Waals surface area contributed by atoms with Gasteiger partial charge in [0.2, 0.25) is 0 Å². The van der Waals surface area contributed by atoms with Crippen molar-refractivity contribution in [1.82, 2.24) is 36.4 Å². The van der Waals surface area contributed by atoms with E-state index in [4.69, 9.17) is 4.74 Å². The Kier molecular flexibility index (Phi) is 7.11. The number of hydrogen-bond donors (Lipinski definition) is 3. The van der Waals surface area contributed by atoms with Crippen LogP contribution in [-0.4, -0.2) is 51.1 Å². The first kappa shape index (κ1) is 22.4. The molecule has 3 rings (SSSR count). The quantitative estimate of drug-likeness (QED) is 0.466. The molecule has 0 bridgehead atoms. The number of hydrazine groups is 1. The van der Waals surface area contributed by atoms with Crippen LogP contribution < -0.4 is 20.9 Å². The number of ether oxygens (including phenoxy) is 1. The van der Waals surface area contributed by atoms with Gasteiger partial charge in [0.25, 0.3) is 17.7 Å². The lowest BCUT2D eigenvalue weighted by atomic mass is 10.0. The molecule has 0 saturated heterocycles. The van der Waals surface area contributed by atoms with Gasteiger partial charge in [-0.1, -0.05) is 13.8 Å². The molecular weight excluding hydrogens is 414 g/mol. The minimum absolute atomic E-state index is 0.218. The van der Waals surface area contributed by atoms with Crippen LogP contribution in [0.3, 0.4) is 0 Å². The van der Waals surface area contributed by atoms with Crippen LogP contribution in [0.25, 0.3) is 5.69 Å². The molecule has 0 spiro atoms. The Morgan fingerprint density at radius 2 is 1.53 bits per heavy atom. The zero-order valence-corrected chi connectivity index (χ0v) is 17.8. The number of tetrazole rings is 1. The van der Waals surface area contributed by atoms with E-state index < -0.39 is 23.8 Å². The van der Waals surface area contributed by atoms with Gasteiger partial charge in [-0.25, -0.2) is 4.68 Å². The van der Waals surface area contributed by atoms with Gasteiger partial charge in [-0.15, -0.1) is 5.10 Å². The highest BCUT2D eigenvalue weighted by Gasteiger charge is 2.25. The Hall–Kier alpha value is -4.28. The Morgan fingerprint density at radius 1 is 0.906 bits per heavy atom. The summed E-state index contributed by atoms with van der Waals surface area (Å²) in [5, 5.41) is 13.6. The summed E-state index contributed by atoms with van der Waals surface area (Å²) in [5.41, 5.74) is 6.12. The molecule has 11 heteroatoms. The van der Waals surface area contributed by atoms with Crippen molar-refractivity contribution in [2.45, 2.75) is 19.9 Å². The SMILES string of the molecule is COc1ccc(C(=O)NC(C(=O)NNC(=O)c2ccc(-n3cnnn3)cc2)C(C)C)cc1. The number of methoxy groups -OCH3 is 1. The predicted octanol–water partition coefficient (Wildman–Crippen LogP) is 0.887. The summed E-state index contributed by atoms with van der Waals surface area (Å²) in [6.45, 7) is 3.58. The molecule has 0 aliphatic rings. The fourth-order valence-electron chi connectivity index (χ4n) is 2.82. The van der Waals surface area contributed by atoms with E-state index in [2.05, 4.69) is 31.7 Å². The summed E-state index contributed by atoms with van der Waals surface area (Å²) in [7, 11) is 1.53. The van der Waals surface area contributed by atoms with Crippen LogP contribution in [0.15, 0.2) is 54.9 Å². The van der Waals surface area contributed by atoms with Crippen molar-refractivity contribution in [2.24, 2.45) is 5.92 Å². The molecule has 1 unspecified atom stereocenters. The minimum atomic E-state index is -0.855. The number of aromatic nitrogens is 4. The van der Waals surface area contributed by atoms with Crippen molar-refractivity contribution in [3.63, 3.8) is 0 Å². The van der Waals surface area contributed by atoms with Crippen LogP contribution in [0, 0.1) is 5.92 Å². The van der Waals surface area contributed by atoms with E-state index >= 15 is 0 Å². The van der Waals surface area contributed by atoms with Crippen molar-refractivity contribution < 1.29 is 19.1 Å². The summed E-state index contributed by atoms with van der Waals surface area (Å²) in [5.74, 6) is -1.06. The first-order valence-corrected chi connectivity index (χ1v) is 9.77. The first-order valence-electron chi connectivity index (χ1n) is 9.77.